The van der Waals surface area contributed by atoms with Crippen LogP contribution >= 0.6 is 0 Å². The molecule has 2 saturated carbocycles. The van der Waals surface area contributed by atoms with E-state index < -0.39 is 16.1 Å². The molecule has 126 valence electrons. The molecule has 0 radical (unpaired) electrons. The van der Waals surface area contributed by atoms with Crippen LogP contribution in [0, 0.1) is 11.8 Å². The van der Waals surface area contributed by atoms with Crippen LogP contribution in [0.2, 0.25) is 0 Å². The molecule has 2 aliphatic carbocycles. The zero-order valence-corrected chi connectivity index (χ0v) is 14.4. The molecule has 2 fully saturated rings. The van der Waals surface area contributed by atoms with Crippen LogP contribution in [0.1, 0.15) is 32.6 Å². The molecule has 0 unspecified atom stereocenters. The van der Waals surface area contributed by atoms with E-state index in [0.29, 0.717) is 11.6 Å². The van der Waals surface area contributed by atoms with Crippen molar-refractivity contribution >= 4 is 21.6 Å². The lowest BCUT2D eigenvalue weighted by Crippen LogP contribution is -2.51. The first kappa shape index (κ1) is 16.3. The molecule has 1 aromatic carbocycles. The van der Waals surface area contributed by atoms with Gasteiger partial charge in [0.1, 0.15) is 6.04 Å². The molecule has 2 bridgehead atoms. The number of carbonyl (C=O) groups is 1. The Balaban J connectivity index is 1.75. The average Bonchev–Trinajstić information content (AvgIpc) is 3.09. The first-order valence-electron chi connectivity index (χ1n) is 8.21. The molecule has 1 N–H and O–H groups in total. The van der Waals surface area contributed by atoms with E-state index in [9.17, 15) is 13.2 Å². The third-order valence-electron chi connectivity index (χ3n) is 5.16. The monoisotopic (exact) mass is 336 g/mol. The summed E-state index contributed by atoms with van der Waals surface area (Å²) in [6, 6.07) is 8.24. The highest BCUT2D eigenvalue weighted by Gasteiger charge is 2.41. The van der Waals surface area contributed by atoms with Crippen molar-refractivity contribution in [2.75, 3.05) is 10.6 Å². The normalized spacial score (nSPS) is 27.7. The molecular formula is C17H24N2O3S. The Hall–Kier alpha value is -1.56. The molecule has 1 amide bonds. The van der Waals surface area contributed by atoms with Gasteiger partial charge in [0, 0.05) is 6.04 Å². The summed E-state index contributed by atoms with van der Waals surface area (Å²) in [7, 11) is -3.53. The van der Waals surface area contributed by atoms with Gasteiger partial charge in [-0.15, -0.1) is 0 Å². The molecule has 0 aromatic heterocycles. The summed E-state index contributed by atoms with van der Waals surface area (Å²) in [6.07, 6.45) is 5.83. The van der Waals surface area contributed by atoms with Gasteiger partial charge in [0.15, 0.2) is 0 Å². The van der Waals surface area contributed by atoms with Crippen molar-refractivity contribution in [3.8, 4) is 0 Å². The van der Waals surface area contributed by atoms with Crippen molar-refractivity contribution in [3.05, 3.63) is 30.3 Å². The Morgan fingerprint density at radius 3 is 2.43 bits per heavy atom. The topological polar surface area (TPSA) is 66.5 Å². The molecule has 0 saturated heterocycles. The molecule has 0 heterocycles. The van der Waals surface area contributed by atoms with Crippen molar-refractivity contribution in [2.45, 2.75) is 44.7 Å². The van der Waals surface area contributed by atoms with Gasteiger partial charge in [0.05, 0.1) is 11.9 Å². The van der Waals surface area contributed by atoms with E-state index in [0.717, 1.165) is 18.6 Å². The highest BCUT2D eigenvalue weighted by molar-refractivity contribution is 7.92. The quantitative estimate of drug-likeness (QED) is 0.896. The Labute approximate surface area is 138 Å². The Morgan fingerprint density at radius 2 is 1.91 bits per heavy atom. The van der Waals surface area contributed by atoms with Crippen LogP contribution in [-0.2, 0) is 14.8 Å². The zero-order chi connectivity index (χ0) is 16.6. The van der Waals surface area contributed by atoms with Crippen molar-refractivity contribution in [1.82, 2.24) is 5.32 Å². The van der Waals surface area contributed by atoms with Crippen LogP contribution in [0.4, 0.5) is 5.69 Å². The first-order chi connectivity index (χ1) is 10.9. The number of hydrogen-bond acceptors (Lipinski definition) is 3. The number of hydrogen-bond donors (Lipinski definition) is 1. The van der Waals surface area contributed by atoms with E-state index in [1.54, 1.807) is 31.2 Å². The minimum absolute atomic E-state index is 0.209. The van der Waals surface area contributed by atoms with Gasteiger partial charge in [-0.25, -0.2) is 8.42 Å². The SMILES string of the molecule is C[C@H](C(=O)N[C@@H]1C[C@H]2CC[C@@H]1C2)N(c1ccccc1)S(C)(=O)=O. The molecular weight excluding hydrogens is 312 g/mol. The number of anilines is 1. The maximum Gasteiger partial charge on any atom is 0.243 e. The summed E-state index contributed by atoms with van der Waals surface area (Å²) in [4.78, 5) is 12.6. The lowest BCUT2D eigenvalue weighted by Gasteiger charge is -2.30. The number of para-hydroxylation sites is 1. The maximum absolute atomic E-state index is 12.6. The first-order valence-corrected chi connectivity index (χ1v) is 10.1. The minimum Gasteiger partial charge on any atom is -0.351 e. The molecule has 2 aliphatic rings. The van der Waals surface area contributed by atoms with Crippen molar-refractivity contribution in [3.63, 3.8) is 0 Å². The second-order valence-electron chi connectivity index (χ2n) is 6.86. The Kier molecular flexibility index (Phi) is 4.36. The van der Waals surface area contributed by atoms with E-state index in [2.05, 4.69) is 5.32 Å². The number of rotatable bonds is 5. The predicted molar refractivity (Wildman–Crippen MR) is 90.6 cm³/mol. The summed E-state index contributed by atoms with van der Waals surface area (Å²) in [5.74, 6) is 1.09. The number of nitrogens with one attached hydrogen (secondary N) is 1. The lowest BCUT2D eigenvalue weighted by atomic mass is 9.95. The van der Waals surface area contributed by atoms with E-state index in [-0.39, 0.29) is 11.9 Å². The van der Waals surface area contributed by atoms with Gasteiger partial charge in [-0.1, -0.05) is 24.6 Å². The Bertz CT molecular complexity index is 674. The third kappa shape index (κ3) is 3.37. The smallest absolute Gasteiger partial charge is 0.243 e. The Morgan fingerprint density at radius 1 is 1.22 bits per heavy atom. The molecule has 0 spiro atoms. The van der Waals surface area contributed by atoms with Gasteiger partial charge in [-0.2, -0.15) is 0 Å². The van der Waals surface area contributed by atoms with Crippen molar-refractivity contribution < 1.29 is 13.2 Å². The molecule has 23 heavy (non-hydrogen) atoms. The largest absolute Gasteiger partial charge is 0.351 e. The van der Waals surface area contributed by atoms with E-state index >= 15 is 0 Å². The van der Waals surface area contributed by atoms with Crippen LogP contribution in [0.5, 0.6) is 0 Å². The summed E-state index contributed by atoms with van der Waals surface area (Å²) in [5.41, 5.74) is 0.519. The van der Waals surface area contributed by atoms with E-state index in [4.69, 9.17) is 0 Å². The number of sulfonamides is 1. The minimum atomic E-state index is -3.53. The number of benzene rings is 1. The fourth-order valence-electron chi connectivity index (χ4n) is 4.11. The zero-order valence-electron chi connectivity index (χ0n) is 13.6. The van der Waals surface area contributed by atoms with Crippen LogP contribution in [0.3, 0.4) is 0 Å². The number of amides is 1. The van der Waals surface area contributed by atoms with Gasteiger partial charge >= 0.3 is 0 Å². The van der Waals surface area contributed by atoms with Gasteiger partial charge in [0.25, 0.3) is 0 Å². The van der Waals surface area contributed by atoms with Crippen LogP contribution in [0.25, 0.3) is 0 Å². The van der Waals surface area contributed by atoms with Crippen molar-refractivity contribution in [2.24, 2.45) is 11.8 Å². The van der Waals surface area contributed by atoms with Gasteiger partial charge in [0.2, 0.25) is 15.9 Å². The van der Waals surface area contributed by atoms with Crippen LogP contribution in [-0.4, -0.2) is 32.7 Å². The number of fused-ring (bicyclic) bond motifs is 2. The fraction of sp³-hybridized carbons (Fsp3) is 0.588. The van der Waals surface area contributed by atoms with Crippen LogP contribution in [0.15, 0.2) is 30.3 Å². The maximum atomic E-state index is 12.6. The molecule has 5 nitrogen and oxygen atoms in total. The summed E-state index contributed by atoms with van der Waals surface area (Å²) in [5, 5.41) is 3.09. The van der Waals surface area contributed by atoms with Gasteiger partial charge < -0.3 is 5.32 Å². The molecule has 3 rings (SSSR count). The molecule has 1 aromatic rings. The van der Waals surface area contributed by atoms with Gasteiger partial charge in [-0.3, -0.25) is 9.10 Å². The van der Waals surface area contributed by atoms with Gasteiger partial charge in [-0.05, 0) is 50.2 Å². The number of carbonyl (C=O) groups excluding carboxylic acids is 1. The summed E-state index contributed by atoms with van der Waals surface area (Å²) in [6.45, 7) is 1.65. The molecule has 4 atom stereocenters. The highest BCUT2D eigenvalue weighted by atomic mass is 32.2. The second kappa shape index (κ2) is 6.15. The standard InChI is InChI=1S/C17H24N2O3S/c1-12(17(20)18-16-11-13-8-9-14(16)10-13)19(23(2,21)22)15-6-4-3-5-7-15/h3-7,12-14,16H,8-11H2,1-2H3,(H,18,20)/t12-,13+,14-,16-/m1/s1. The molecule has 0 aliphatic heterocycles. The molecule has 6 heteroatoms. The van der Waals surface area contributed by atoms with Crippen LogP contribution < -0.4 is 9.62 Å². The fourth-order valence-corrected chi connectivity index (χ4v) is 5.28. The van der Waals surface area contributed by atoms with E-state index in [1.165, 1.54) is 23.6 Å². The lowest BCUT2D eigenvalue weighted by molar-refractivity contribution is -0.122. The third-order valence-corrected chi connectivity index (χ3v) is 6.41. The van der Waals surface area contributed by atoms with Crippen molar-refractivity contribution in [1.29, 1.82) is 0 Å². The average molecular weight is 336 g/mol. The van der Waals surface area contributed by atoms with E-state index in [1.807, 2.05) is 6.07 Å². The predicted octanol–water partition coefficient (Wildman–Crippen LogP) is 2.15. The highest BCUT2D eigenvalue weighted by Crippen LogP contribution is 2.44. The summed E-state index contributed by atoms with van der Waals surface area (Å²) >= 11 is 0. The second-order valence-corrected chi connectivity index (χ2v) is 8.72. The summed E-state index contributed by atoms with van der Waals surface area (Å²) < 4.78 is 25.6. The number of nitrogens with zero attached hydrogens (tertiary/aromatic N) is 1.